The number of halogens is 1. The van der Waals surface area contributed by atoms with Gasteiger partial charge in [-0.1, -0.05) is 43.6 Å². The average molecular weight is 477 g/mol. The fourth-order valence-electron chi connectivity index (χ4n) is 4.51. The number of ketones is 2. The molecule has 0 bridgehead atoms. The van der Waals surface area contributed by atoms with Gasteiger partial charge in [-0.25, -0.2) is 8.42 Å². The molecule has 164 valence electrons. The van der Waals surface area contributed by atoms with Gasteiger partial charge in [0.25, 0.3) is 0 Å². The van der Waals surface area contributed by atoms with Crippen molar-refractivity contribution in [1.29, 1.82) is 0 Å². The van der Waals surface area contributed by atoms with Crippen LogP contribution in [-0.2, 0) is 21.1 Å². The fourth-order valence-corrected chi connectivity index (χ4v) is 8.08. The van der Waals surface area contributed by atoms with E-state index in [0.29, 0.717) is 24.3 Å². The Hall–Kier alpha value is -1.63. The SMILES string of the molecule is CC(C)c1ccccc1SC1CCCC(=O)C1C(=O)c1ccc2c(c1Cl)CCS2(=O)=O. The Bertz CT molecular complexity index is 1150. The van der Waals surface area contributed by atoms with Crippen LogP contribution in [0.2, 0.25) is 5.02 Å². The van der Waals surface area contributed by atoms with E-state index in [4.69, 9.17) is 11.6 Å². The first-order valence-electron chi connectivity index (χ1n) is 10.6. The molecular formula is C24H25ClO4S2. The maximum absolute atomic E-state index is 13.5. The molecule has 0 aromatic heterocycles. The molecule has 0 amide bonds. The van der Waals surface area contributed by atoms with Gasteiger partial charge >= 0.3 is 0 Å². The summed E-state index contributed by atoms with van der Waals surface area (Å²) in [5, 5.41) is 0.0231. The number of benzene rings is 2. The van der Waals surface area contributed by atoms with E-state index in [9.17, 15) is 18.0 Å². The molecule has 2 unspecified atom stereocenters. The molecule has 1 saturated carbocycles. The molecule has 1 heterocycles. The highest BCUT2D eigenvalue weighted by molar-refractivity contribution is 8.00. The van der Waals surface area contributed by atoms with Crippen LogP contribution in [0.1, 0.15) is 60.5 Å². The van der Waals surface area contributed by atoms with Gasteiger partial charge in [-0.3, -0.25) is 9.59 Å². The van der Waals surface area contributed by atoms with Crippen LogP contribution in [0.3, 0.4) is 0 Å². The Kier molecular flexibility index (Phi) is 6.35. The van der Waals surface area contributed by atoms with Gasteiger partial charge in [-0.15, -0.1) is 11.8 Å². The molecule has 0 spiro atoms. The van der Waals surface area contributed by atoms with E-state index in [1.165, 1.54) is 17.7 Å². The van der Waals surface area contributed by atoms with Crippen LogP contribution < -0.4 is 0 Å². The number of carbonyl (C=O) groups excluding carboxylic acids is 2. The molecule has 2 atom stereocenters. The highest BCUT2D eigenvalue weighted by Crippen LogP contribution is 2.42. The third-order valence-corrected chi connectivity index (χ3v) is 9.82. The summed E-state index contributed by atoms with van der Waals surface area (Å²) in [5.74, 6) is -0.772. The lowest BCUT2D eigenvalue weighted by atomic mass is 9.82. The second kappa shape index (κ2) is 8.72. The van der Waals surface area contributed by atoms with Gasteiger partial charge in [0.1, 0.15) is 5.78 Å². The second-order valence-electron chi connectivity index (χ2n) is 8.52. The summed E-state index contributed by atoms with van der Waals surface area (Å²) in [5.41, 5.74) is 1.98. The van der Waals surface area contributed by atoms with Crippen molar-refractivity contribution in [2.24, 2.45) is 5.92 Å². The van der Waals surface area contributed by atoms with E-state index in [2.05, 4.69) is 19.9 Å². The zero-order chi connectivity index (χ0) is 22.3. The highest BCUT2D eigenvalue weighted by Gasteiger charge is 2.40. The third kappa shape index (κ3) is 4.22. The first kappa shape index (κ1) is 22.6. The van der Waals surface area contributed by atoms with Crippen LogP contribution in [0.4, 0.5) is 0 Å². The van der Waals surface area contributed by atoms with Gasteiger partial charge in [0, 0.05) is 22.1 Å². The van der Waals surface area contributed by atoms with Gasteiger partial charge < -0.3 is 0 Å². The Morgan fingerprint density at radius 2 is 1.87 bits per heavy atom. The summed E-state index contributed by atoms with van der Waals surface area (Å²) in [4.78, 5) is 27.8. The van der Waals surface area contributed by atoms with E-state index in [0.717, 1.165) is 17.7 Å². The Morgan fingerprint density at radius 3 is 2.61 bits per heavy atom. The van der Waals surface area contributed by atoms with Crippen molar-refractivity contribution in [3.8, 4) is 0 Å². The van der Waals surface area contributed by atoms with Gasteiger partial charge in [0.15, 0.2) is 15.6 Å². The minimum atomic E-state index is -3.34. The van der Waals surface area contributed by atoms with Crippen molar-refractivity contribution in [2.45, 2.75) is 60.5 Å². The normalized spacial score (nSPS) is 22.5. The summed E-state index contributed by atoms with van der Waals surface area (Å²) in [6, 6.07) is 11.1. The van der Waals surface area contributed by atoms with Crippen LogP contribution in [0.15, 0.2) is 46.2 Å². The van der Waals surface area contributed by atoms with Crippen LogP contribution in [-0.4, -0.2) is 31.0 Å². The first-order chi connectivity index (χ1) is 14.7. The average Bonchev–Trinajstić information content (AvgIpc) is 3.04. The van der Waals surface area contributed by atoms with E-state index >= 15 is 0 Å². The third-order valence-electron chi connectivity index (χ3n) is 6.15. The number of rotatable bonds is 5. The zero-order valence-corrected chi connectivity index (χ0v) is 19.9. The van der Waals surface area contributed by atoms with Crippen molar-refractivity contribution in [1.82, 2.24) is 0 Å². The maximum atomic E-state index is 13.5. The quantitative estimate of drug-likeness (QED) is 0.420. The summed E-state index contributed by atoms with van der Waals surface area (Å²) in [6.07, 6.45) is 2.23. The zero-order valence-electron chi connectivity index (χ0n) is 17.6. The molecule has 0 radical (unpaired) electrons. The van der Waals surface area contributed by atoms with Crippen molar-refractivity contribution in [2.75, 3.05) is 5.75 Å². The molecule has 2 aromatic carbocycles. The number of Topliss-reactive ketones (excluding diaryl/α,β-unsaturated/α-hetero) is 2. The number of sulfone groups is 1. The predicted octanol–water partition coefficient (Wildman–Crippen LogP) is 5.51. The molecule has 31 heavy (non-hydrogen) atoms. The van der Waals surface area contributed by atoms with Crippen LogP contribution in [0, 0.1) is 5.92 Å². The molecule has 4 nitrogen and oxygen atoms in total. The minimum Gasteiger partial charge on any atom is -0.299 e. The van der Waals surface area contributed by atoms with Gasteiger partial charge in [-0.05, 0) is 54.5 Å². The van der Waals surface area contributed by atoms with Crippen LogP contribution in [0.25, 0.3) is 0 Å². The monoisotopic (exact) mass is 476 g/mol. The molecule has 0 saturated heterocycles. The number of fused-ring (bicyclic) bond motifs is 1. The van der Waals surface area contributed by atoms with E-state index < -0.39 is 15.8 Å². The number of thioether (sulfide) groups is 1. The fraction of sp³-hybridized carbons (Fsp3) is 0.417. The lowest BCUT2D eigenvalue weighted by Gasteiger charge is -2.30. The highest BCUT2D eigenvalue weighted by atomic mass is 35.5. The number of hydrogen-bond donors (Lipinski definition) is 0. The topological polar surface area (TPSA) is 68.3 Å². The standard InChI is InChI=1S/C24H25ClO4S2/c1-14(2)15-6-3-4-8-19(15)30-20-9-5-7-18(26)22(20)24(27)17-10-11-21-16(23(17)25)12-13-31(21,28)29/h3-4,6,8,10-11,14,20,22H,5,7,9,12-13H2,1-2H3. The summed E-state index contributed by atoms with van der Waals surface area (Å²) >= 11 is 8.12. The van der Waals surface area contributed by atoms with Gasteiger partial charge in [0.05, 0.1) is 21.6 Å². The number of hydrogen-bond acceptors (Lipinski definition) is 5. The summed E-state index contributed by atoms with van der Waals surface area (Å²) < 4.78 is 24.4. The van der Waals surface area contributed by atoms with E-state index in [-0.39, 0.29) is 38.1 Å². The van der Waals surface area contributed by atoms with Gasteiger partial charge in [-0.2, -0.15) is 0 Å². The van der Waals surface area contributed by atoms with E-state index in [1.807, 2.05) is 18.2 Å². The Balaban J connectivity index is 1.69. The largest absolute Gasteiger partial charge is 0.299 e. The van der Waals surface area contributed by atoms with Crippen LogP contribution in [0.5, 0.6) is 0 Å². The Labute approximate surface area is 192 Å². The van der Waals surface area contributed by atoms with Crippen molar-refractivity contribution in [3.05, 3.63) is 58.1 Å². The summed E-state index contributed by atoms with van der Waals surface area (Å²) in [6.45, 7) is 4.26. The molecule has 4 rings (SSSR count). The molecule has 2 aliphatic rings. The lowest BCUT2D eigenvalue weighted by molar-refractivity contribution is -0.122. The lowest BCUT2D eigenvalue weighted by Crippen LogP contribution is -2.37. The molecular weight excluding hydrogens is 452 g/mol. The number of carbonyl (C=O) groups is 2. The molecule has 0 N–H and O–H groups in total. The Morgan fingerprint density at radius 1 is 1.13 bits per heavy atom. The van der Waals surface area contributed by atoms with Gasteiger partial charge in [0.2, 0.25) is 0 Å². The van der Waals surface area contributed by atoms with Crippen LogP contribution >= 0.6 is 23.4 Å². The second-order valence-corrected chi connectivity index (χ2v) is 12.3. The van der Waals surface area contributed by atoms with Crippen molar-refractivity contribution in [3.63, 3.8) is 0 Å². The smallest absolute Gasteiger partial charge is 0.179 e. The predicted molar refractivity (Wildman–Crippen MR) is 124 cm³/mol. The first-order valence-corrected chi connectivity index (χ1v) is 13.5. The molecule has 2 aromatic rings. The molecule has 7 heteroatoms. The molecule has 1 fully saturated rings. The molecule has 1 aliphatic heterocycles. The molecule has 1 aliphatic carbocycles. The van der Waals surface area contributed by atoms with Crippen molar-refractivity contribution >= 4 is 44.8 Å². The minimum absolute atomic E-state index is 0.00647. The maximum Gasteiger partial charge on any atom is 0.179 e. The van der Waals surface area contributed by atoms with E-state index in [1.54, 1.807) is 11.8 Å². The van der Waals surface area contributed by atoms with Crippen molar-refractivity contribution < 1.29 is 18.0 Å². The summed E-state index contributed by atoms with van der Waals surface area (Å²) in [7, 11) is -3.34.